The van der Waals surface area contributed by atoms with Gasteiger partial charge in [0.25, 0.3) is 5.91 Å². The number of hydrogen-bond acceptors (Lipinski definition) is 5. The minimum atomic E-state index is -0.172. The zero-order valence-electron chi connectivity index (χ0n) is 13.0. The van der Waals surface area contributed by atoms with E-state index < -0.39 is 0 Å². The molecule has 23 heavy (non-hydrogen) atoms. The van der Waals surface area contributed by atoms with Crippen LogP contribution in [0.5, 0.6) is 0 Å². The molecule has 0 radical (unpaired) electrons. The molecule has 5 nitrogen and oxygen atoms in total. The number of nitrogens with zero attached hydrogens (tertiary/aromatic N) is 2. The number of carbonyl (C=O) groups is 2. The first kappa shape index (κ1) is 16.1. The maximum atomic E-state index is 12.4. The van der Waals surface area contributed by atoms with Crippen molar-refractivity contribution in [2.75, 3.05) is 20.1 Å². The van der Waals surface area contributed by atoms with E-state index in [2.05, 4.69) is 11.4 Å². The summed E-state index contributed by atoms with van der Waals surface area (Å²) in [4.78, 5) is 28.1. The average molecular weight is 350 g/mol. The molecule has 1 fully saturated rings. The summed E-state index contributed by atoms with van der Waals surface area (Å²) >= 11 is 3.29. The summed E-state index contributed by atoms with van der Waals surface area (Å²) in [5.74, 6) is 0.275. The summed E-state index contributed by atoms with van der Waals surface area (Å²) in [5.41, 5.74) is 1.15. The van der Waals surface area contributed by atoms with Crippen molar-refractivity contribution in [1.82, 2.24) is 9.80 Å². The third kappa shape index (κ3) is 3.30. The molecule has 2 atom stereocenters. The largest absolute Gasteiger partial charge is 0.459 e. The molecule has 0 bridgehead atoms. The zero-order chi connectivity index (χ0) is 16.4. The Morgan fingerprint density at radius 3 is 2.91 bits per heavy atom. The van der Waals surface area contributed by atoms with Gasteiger partial charge in [-0.3, -0.25) is 9.59 Å². The quantitative estimate of drug-likeness (QED) is 0.832. The lowest BCUT2D eigenvalue weighted by Gasteiger charge is -2.26. The number of likely N-dealkylation sites (N-methyl/N-ethyl adjacent to an activating group) is 1. The maximum Gasteiger partial charge on any atom is 0.289 e. The van der Waals surface area contributed by atoms with E-state index in [1.54, 1.807) is 47.2 Å². The monoisotopic (exact) mass is 350 g/mol. The molecule has 0 aromatic carbocycles. The van der Waals surface area contributed by atoms with Crippen LogP contribution in [0.1, 0.15) is 28.4 Å². The van der Waals surface area contributed by atoms with Gasteiger partial charge >= 0.3 is 0 Å². The Morgan fingerprint density at radius 2 is 2.26 bits per heavy atom. The third-order valence-electron chi connectivity index (χ3n) is 3.83. The van der Waals surface area contributed by atoms with Gasteiger partial charge in [0.1, 0.15) is 5.37 Å². The zero-order valence-corrected chi connectivity index (χ0v) is 14.6. The Morgan fingerprint density at radius 1 is 1.43 bits per heavy atom. The summed E-state index contributed by atoms with van der Waals surface area (Å²) in [5, 5.41) is 4.09. The molecule has 122 valence electrons. The standard InChI is InChI=1S/C16H18N2O3S2/c1-11-14(19)18(16(23-11)12-5-9-22-10-12)7-6-17(2)15(20)13-4-3-8-21-13/h3-5,8-11,16H,6-7H2,1-2H3/t11-,16+/m1/s1. The summed E-state index contributed by atoms with van der Waals surface area (Å²) in [6.07, 6.45) is 1.48. The molecule has 1 aliphatic heterocycles. The SMILES string of the molecule is C[C@H]1S[C@@H](c2ccsc2)N(CCN(C)C(=O)c2ccco2)C1=O. The number of rotatable bonds is 5. The van der Waals surface area contributed by atoms with E-state index in [-0.39, 0.29) is 22.4 Å². The van der Waals surface area contributed by atoms with E-state index in [4.69, 9.17) is 4.42 Å². The molecule has 0 spiro atoms. The van der Waals surface area contributed by atoms with Crippen molar-refractivity contribution in [3.05, 3.63) is 46.5 Å². The van der Waals surface area contributed by atoms with Gasteiger partial charge in [0.05, 0.1) is 11.5 Å². The Balaban J connectivity index is 1.65. The third-order valence-corrected chi connectivity index (χ3v) is 5.93. The predicted molar refractivity (Wildman–Crippen MR) is 91.5 cm³/mol. The first-order chi connectivity index (χ1) is 11.1. The Bertz CT molecular complexity index is 670. The molecule has 0 unspecified atom stereocenters. The molecule has 0 aliphatic carbocycles. The first-order valence-electron chi connectivity index (χ1n) is 7.35. The summed E-state index contributed by atoms with van der Waals surface area (Å²) in [7, 11) is 1.72. The fourth-order valence-electron chi connectivity index (χ4n) is 2.52. The highest BCUT2D eigenvalue weighted by Gasteiger charge is 2.38. The minimum Gasteiger partial charge on any atom is -0.459 e. The van der Waals surface area contributed by atoms with Gasteiger partial charge in [-0.05, 0) is 41.4 Å². The lowest BCUT2D eigenvalue weighted by Crippen LogP contribution is -2.38. The fraction of sp³-hybridized carbons (Fsp3) is 0.375. The molecule has 2 aromatic heterocycles. The second kappa shape index (κ2) is 6.80. The number of carbonyl (C=O) groups excluding carboxylic acids is 2. The van der Waals surface area contributed by atoms with E-state index >= 15 is 0 Å². The van der Waals surface area contributed by atoms with E-state index in [9.17, 15) is 9.59 Å². The molecule has 2 amide bonds. The molecule has 0 saturated carbocycles. The van der Waals surface area contributed by atoms with Crippen molar-refractivity contribution in [3.63, 3.8) is 0 Å². The van der Waals surface area contributed by atoms with Crippen molar-refractivity contribution in [2.24, 2.45) is 0 Å². The summed E-state index contributed by atoms with van der Waals surface area (Å²) in [6, 6.07) is 5.39. The van der Waals surface area contributed by atoms with E-state index in [0.29, 0.717) is 18.8 Å². The van der Waals surface area contributed by atoms with Crippen LogP contribution in [0.3, 0.4) is 0 Å². The summed E-state index contributed by atoms with van der Waals surface area (Å²) < 4.78 is 5.13. The lowest BCUT2D eigenvalue weighted by atomic mass is 10.2. The Kier molecular flexibility index (Phi) is 4.77. The van der Waals surface area contributed by atoms with Gasteiger partial charge in [0.15, 0.2) is 5.76 Å². The second-order valence-electron chi connectivity index (χ2n) is 5.42. The van der Waals surface area contributed by atoms with Gasteiger partial charge in [-0.1, -0.05) is 0 Å². The van der Waals surface area contributed by atoms with Gasteiger partial charge in [0.2, 0.25) is 5.91 Å². The first-order valence-corrected chi connectivity index (χ1v) is 9.23. The lowest BCUT2D eigenvalue weighted by molar-refractivity contribution is -0.129. The van der Waals surface area contributed by atoms with Crippen LogP contribution in [0, 0.1) is 0 Å². The van der Waals surface area contributed by atoms with E-state index in [1.165, 1.54) is 6.26 Å². The van der Waals surface area contributed by atoms with Crippen molar-refractivity contribution >= 4 is 34.9 Å². The van der Waals surface area contributed by atoms with Gasteiger partial charge in [-0.2, -0.15) is 11.3 Å². The van der Waals surface area contributed by atoms with Gasteiger partial charge in [-0.25, -0.2) is 0 Å². The van der Waals surface area contributed by atoms with Gasteiger partial charge < -0.3 is 14.2 Å². The topological polar surface area (TPSA) is 53.8 Å². The fourth-order valence-corrected chi connectivity index (χ4v) is 4.59. The van der Waals surface area contributed by atoms with Crippen LogP contribution in [0.2, 0.25) is 0 Å². The van der Waals surface area contributed by atoms with Crippen molar-refractivity contribution in [2.45, 2.75) is 17.5 Å². The molecular formula is C16H18N2O3S2. The highest BCUT2D eigenvalue weighted by atomic mass is 32.2. The molecule has 1 saturated heterocycles. The second-order valence-corrected chi connectivity index (χ2v) is 7.63. The Hall–Kier alpha value is -1.73. The molecule has 0 N–H and O–H groups in total. The predicted octanol–water partition coefficient (Wildman–Crippen LogP) is 3.08. The minimum absolute atomic E-state index is 0.0378. The maximum absolute atomic E-state index is 12.4. The number of hydrogen-bond donors (Lipinski definition) is 0. The number of amides is 2. The van der Waals surface area contributed by atoms with Crippen molar-refractivity contribution < 1.29 is 14.0 Å². The highest BCUT2D eigenvalue weighted by Crippen LogP contribution is 2.43. The number of furan rings is 1. The van der Waals surface area contributed by atoms with Crippen LogP contribution in [-0.2, 0) is 4.79 Å². The van der Waals surface area contributed by atoms with Crippen LogP contribution in [0.15, 0.2) is 39.6 Å². The molecule has 2 aromatic rings. The van der Waals surface area contributed by atoms with Crippen LogP contribution >= 0.6 is 23.1 Å². The van der Waals surface area contributed by atoms with Crippen LogP contribution in [-0.4, -0.2) is 47.0 Å². The average Bonchev–Trinajstić information content (AvgIpc) is 3.27. The van der Waals surface area contributed by atoms with Crippen LogP contribution < -0.4 is 0 Å². The molecular weight excluding hydrogens is 332 g/mol. The van der Waals surface area contributed by atoms with Gasteiger partial charge in [-0.15, -0.1) is 11.8 Å². The molecule has 3 heterocycles. The van der Waals surface area contributed by atoms with Gasteiger partial charge in [0, 0.05) is 20.1 Å². The van der Waals surface area contributed by atoms with Crippen LogP contribution in [0.4, 0.5) is 0 Å². The molecule has 3 rings (SSSR count). The molecule has 1 aliphatic rings. The van der Waals surface area contributed by atoms with Crippen molar-refractivity contribution in [1.29, 1.82) is 0 Å². The smallest absolute Gasteiger partial charge is 0.289 e. The van der Waals surface area contributed by atoms with Crippen LogP contribution in [0.25, 0.3) is 0 Å². The Labute approximate surface area is 143 Å². The molecule has 7 heteroatoms. The van der Waals surface area contributed by atoms with E-state index in [0.717, 1.165) is 5.56 Å². The highest BCUT2D eigenvalue weighted by molar-refractivity contribution is 8.01. The number of thiophene rings is 1. The van der Waals surface area contributed by atoms with Crippen molar-refractivity contribution in [3.8, 4) is 0 Å². The summed E-state index contributed by atoms with van der Waals surface area (Å²) in [6.45, 7) is 2.92. The van der Waals surface area contributed by atoms with E-state index in [1.807, 2.05) is 17.2 Å². The number of thioether (sulfide) groups is 1. The normalized spacial score (nSPS) is 21.0.